The van der Waals surface area contributed by atoms with Gasteiger partial charge in [-0.05, 0) is 87.4 Å². The van der Waals surface area contributed by atoms with Gasteiger partial charge in [0, 0.05) is 0 Å². The molecule has 4 bridgehead atoms. The maximum Gasteiger partial charge on any atom is -0.00203 e. The third-order valence-electron chi connectivity index (χ3n) is 6.81. The molecule has 0 saturated carbocycles. The summed E-state index contributed by atoms with van der Waals surface area (Å²) in [4.78, 5) is 0. The normalized spacial score (nSPS) is 14.4. The van der Waals surface area contributed by atoms with E-state index >= 15 is 0 Å². The van der Waals surface area contributed by atoms with Crippen molar-refractivity contribution in [2.75, 3.05) is 0 Å². The Morgan fingerprint density at radius 3 is 1.55 bits per heavy atom. The topological polar surface area (TPSA) is 0 Å². The minimum atomic E-state index is 0.173. The third kappa shape index (κ3) is 5.12. The van der Waals surface area contributed by atoms with Crippen LogP contribution < -0.4 is 0 Å². The molecule has 0 heterocycles. The van der Waals surface area contributed by atoms with E-state index in [0.717, 1.165) is 32.1 Å². The summed E-state index contributed by atoms with van der Waals surface area (Å²) in [5.41, 5.74) is 12.4. The molecular formula is C31H38. The molecule has 0 N–H and O–H groups in total. The van der Waals surface area contributed by atoms with Crippen LogP contribution in [0.4, 0.5) is 0 Å². The molecule has 0 amide bonds. The predicted octanol–water partition coefficient (Wildman–Crippen LogP) is 7.76. The van der Waals surface area contributed by atoms with Crippen molar-refractivity contribution in [3.8, 4) is 0 Å². The van der Waals surface area contributed by atoms with E-state index in [0.29, 0.717) is 0 Å². The first-order valence-corrected chi connectivity index (χ1v) is 11.9. The SMILES string of the molecule is CC(C)(C)c1cc2cc(c1)CCc1cc(C(C)(C)C)cc(c1Cc1ccccc1)CC2. The molecule has 162 valence electrons. The second-order valence-electron chi connectivity index (χ2n) is 11.5. The number of fused-ring (bicyclic) bond motifs is 4. The summed E-state index contributed by atoms with van der Waals surface area (Å²) in [6, 6.07) is 23.4. The molecule has 31 heavy (non-hydrogen) atoms. The summed E-state index contributed by atoms with van der Waals surface area (Å²) < 4.78 is 0. The number of hydrogen-bond donors (Lipinski definition) is 0. The highest BCUT2D eigenvalue weighted by Crippen LogP contribution is 2.32. The van der Waals surface area contributed by atoms with Gasteiger partial charge in [-0.25, -0.2) is 0 Å². The first-order chi connectivity index (χ1) is 14.6. The van der Waals surface area contributed by atoms with E-state index in [2.05, 4.69) is 102 Å². The van der Waals surface area contributed by atoms with Crippen molar-refractivity contribution in [3.63, 3.8) is 0 Å². The van der Waals surface area contributed by atoms with E-state index in [4.69, 9.17) is 0 Å². The first-order valence-electron chi connectivity index (χ1n) is 11.9. The van der Waals surface area contributed by atoms with E-state index in [1.165, 1.54) is 27.8 Å². The summed E-state index contributed by atoms with van der Waals surface area (Å²) in [5.74, 6) is 0. The summed E-state index contributed by atoms with van der Waals surface area (Å²) in [5, 5.41) is 0. The van der Waals surface area contributed by atoms with Crippen LogP contribution >= 0.6 is 0 Å². The van der Waals surface area contributed by atoms with E-state index in [9.17, 15) is 0 Å². The van der Waals surface area contributed by atoms with Crippen LogP contribution in [0.3, 0.4) is 0 Å². The molecule has 0 radical (unpaired) electrons. The van der Waals surface area contributed by atoms with Crippen LogP contribution in [0.2, 0.25) is 0 Å². The Labute approximate surface area is 189 Å². The molecule has 3 aromatic carbocycles. The highest BCUT2D eigenvalue weighted by atomic mass is 14.3. The maximum atomic E-state index is 2.51. The summed E-state index contributed by atoms with van der Waals surface area (Å²) in [6.07, 6.45) is 5.51. The lowest BCUT2D eigenvalue weighted by Crippen LogP contribution is -2.16. The Bertz CT molecular complexity index is 1010. The average Bonchev–Trinajstić information content (AvgIpc) is 2.70. The van der Waals surface area contributed by atoms with Crippen molar-refractivity contribution in [2.45, 2.75) is 84.5 Å². The first kappa shape index (κ1) is 21.9. The highest BCUT2D eigenvalue weighted by molar-refractivity contribution is 5.46. The Morgan fingerprint density at radius 2 is 1.06 bits per heavy atom. The second kappa shape index (κ2) is 8.30. The van der Waals surface area contributed by atoms with Gasteiger partial charge >= 0.3 is 0 Å². The van der Waals surface area contributed by atoms with Gasteiger partial charge in [-0.2, -0.15) is 0 Å². The van der Waals surface area contributed by atoms with Crippen LogP contribution in [0.25, 0.3) is 0 Å². The Balaban J connectivity index is 1.80. The molecule has 0 aliphatic heterocycles. The van der Waals surface area contributed by atoms with Gasteiger partial charge in [-0.15, -0.1) is 0 Å². The van der Waals surface area contributed by atoms with Crippen molar-refractivity contribution >= 4 is 0 Å². The molecule has 3 aromatic rings. The van der Waals surface area contributed by atoms with Crippen molar-refractivity contribution in [3.05, 3.63) is 105 Å². The lowest BCUT2D eigenvalue weighted by Gasteiger charge is -2.26. The molecule has 4 rings (SSSR count). The van der Waals surface area contributed by atoms with Gasteiger partial charge in [-0.3, -0.25) is 0 Å². The number of aryl methyl sites for hydroxylation is 4. The van der Waals surface area contributed by atoms with Crippen LogP contribution in [0.15, 0.2) is 60.7 Å². The van der Waals surface area contributed by atoms with E-state index in [1.807, 2.05) is 0 Å². The van der Waals surface area contributed by atoms with Gasteiger partial charge in [0.05, 0.1) is 0 Å². The van der Waals surface area contributed by atoms with Gasteiger partial charge in [0.15, 0.2) is 0 Å². The van der Waals surface area contributed by atoms with Crippen molar-refractivity contribution in [1.82, 2.24) is 0 Å². The fourth-order valence-corrected chi connectivity index (χ4v) is 4.75. The van der Waals surface area contributed by atoms with Crippen LogP contribution in [0.1, 0.15) is 86.1 Å². The Kier molecular flexibility index (Phi) is 5.86. The number of rotatable bonds is 2. The molecular weight excluding hydrogens is 372 g/mol. The largest absolute Gasteiger partial charge is 0.0622 e. The highest BCUT2D eigenvalue weighted by Gasteiger charge is 2.21. The molecule has 0 atom stereocenters. The molecule has 1 aliphatic carbocycles. The quantitative estimate of drug-likeness (QED) is 0.405. The molecule has 0 heteroatoms. The van der Waals surface area contributed by atoms with Crippen molar-refractivity contribution in [1.29, 1.82) is 0 Å². The predicted molar refractivity (Wildman–Crippen MR) is 134 cm³/mol. The van der Waals surface area contributed by atoms with Crippen LogP contribution in [0, 0.1) is 0 Å². The zero-order valence-electron chi connectivity index (χ0n) is 20.3. The van der Waals surface area contributed by atoms with Crippen molar-refractivity contribution < 1.29 is 0 Å². The lowest BCUT2D eigenvalue weighted by molar-refractivity contribution is 0.585. The summed E-state index contributed by atoms with van der Waals surface area (Å²) >= 11 is 0. The molecule has 0 fully saturated rings. The second-order valence-corrected chi connectivity index (χ2v) is 11.5. The minimum absolute atomic E-state index is 0.173. The minimum Gasteiger partial charge on any atom is -0.0622 e. The third-order valence-corrected chi connectivity index (χ3v) is 6.81. The molecule has 1 aliphatic rings. The van der Waals surface area contributed by atoms with E-state index < -0.39 is 0 Å². The average molecular weight is 411 g/mol. The zero-order valence-corrected chi connectivity index (χ0v) is 20.3. The number of benzene rings is 3. The molecule has 0 unspecified atom stereocenters. The summed E-state index contributed by atoms with van der Waals surface area (Å²) in [7, 11) is 0. The van der Waals surface area contributed by atoms with Gasteiger partial charge in [-0.1, -0.05) is 102 Å². The smallest absolute Gasteiger partial charge is 0.00203 e. The molecule has 0 aromatic heterocycles. The van der Waals surface area contributed by atoms with Crippen LogP contribution in [-0.4, -0.2) is 0 Å². The number of hydrogen-bond acceptors (Lipinski definition) is 0. The van der Waals surface area contributed by atoms with Gasteiger partial charge in [0.1, 0.15) is 0 Å². The lowest BCUT2D eigenvalue weighted by atomic mass is 9.79. The maximum absolute atomic E-state index is 2.51. The van der Waals surface area contributed by atoms with Gasteiger partial charge in [0.25, 0.3) is 0 Å². The van der Waals surface area contributed by atoms with E-state index in [-0.39, 0.29) is 10.8 Å². The van der Waals surface area contributed by atoms with Crippen LogP contribution in [-0.2, 0) is 42.9 Å². The molecule has 0 nitrogen and oxygen atoms in total. The van der Waals surface area contributed by atoms with Crippen molar-refractivity contribution in [2.24, 2.45) is 0 Å². The Morgan fingerprint density at radius 1 is 0.581 bits per heavy atom. The fourth-order valence-electron chi connectivity index (χ4n) is 4.75. The zero-order chi connectivity index (χ0) is 22.2. The van der Waals surface area contributed by atoms with Gasteiger partial charge in [0.2, 0.25) is 0 Å². The molecule has 0 spiro atoms. The Hall–Kier alpha value is -2.34. The standard InChI is InChI=1S/C31H38/c1-30(2,3)27-17-23-12-14-25-20-28(31(4,5)6)21-26(15-13-24(16-23)18-27)29(25)19-22-10-8-7-9-11-22/h7-11,16-18,20-21H,12-15,19H2,1-6H3. The summed E-state index contributed by atoms with van der Waals surface area (Å²) in [6.45, 7) is 14.0. The fraction of sp³-hybridized carbons (Fsp3) is 0.419. The van der Waals surface area contributed by atoms with Gasteiger partial charge < -0.3 is 0 Å². The molecule has 0 saturated heterocycles. The van der Waals surface area contributed by atoms with E-state index in [1.54, 1.807) is 16.7 Å². The monoisotopic (exact) mass is 410 g/mol. The van der Waals surface area contributed by atoms with Crippen LogP contribution in [0.5, 0.6) is 0 Å².